The Hall–Kier alpha value is 0.428. The molecule has 0 saturated carbocycles. The molecule has 0 aliphatic rings. The Labute approximate surface area is 77.0 Å². The fraction of sp³-hybridized carbons (Fsp3) is 0. The van der Waals surface area contributed by atoms with Crippen LogP contribution in [0, 0.1) is 0 Å². The molecule has 11 heteroatoms. The van der Waals surface area contributed by atoms with Crippen molar-refractivity contribution in [1.29, 1.82) is 0 Å². The van der Waals surface area contributed by atoms with Gasteiger partial charge in [-0.2, -0.15) is 0 Å². The summed E-state index contributed by atoms with van der Waals surface area (Å²) in [7, 11) is -10.3. The molecule has 0 aromatic carbocycles. The normalized spacial score (nSPS) is 10.5. The molecule has 11 heavy (non-hydrogen) atoms. The van der Waals surface area contributed by atoms with Gasteiger partial charge >= 0.3 is 21.1 Å². The second-order valence-electron chi connectivity index (χ2n) is 0.816. The number of hydrogen-bond acceptors (Lipinski definition) is 8. The van der Waals surface area contributed by atoms with Crippen molar-refractivity contribution in [3.05, 3.63) is 0 Å². The first-order valence-corrected chi connectivity index (χ1v) is 4.00. The van der Waals surface area contributed by atoms with Gasteiger partial charge in [0.25, 0.3) is 0 Å². The van der Waals surface area contributed by atoms with Crippen LogP contribution in [-0.2, 0) is 41.9 Å². The van der Waals surface area contributed by atoms with Crippen molar-refractivity contribution in [2.45, 2.75) is 0 Å². The van der Waals surface area contributed by atoms with E-state index in [2.05, 4.69) is 0 Å². The van der Waals surface area contributed by atoms with Crippen LogP contribution in [0.3, 0.4) is 0 Å². The zero-order valence-corrected chi connectivity index (χ0v) is 9.06. The SMILES string of the molecule is O=S(=O)([O-])[O-].O=S(=O)([O-])[O-].[W+4]. The van der Waals surface area contributed by atoms with E-state index in [0.717, 1.165) is 0 Å². The molecular formula is O8S2W. The molecule has 66 valence electrons. The number of hydrogen-bond donors (Lipinski definition) is 0. The largest absolute Gasteiger partial charge is 4.00 e. The molecule has 0 unspecified atom stereocenters. The van der Waals surface area contributed by atoms with Gasteiger partial charge in [0, 0.05) is 20.8 Å². The van der Waals surface area contributed by atoms with E-state index < -0.39 is 20.8 Å². The minimum Gasteiger partial charge on any atom is -0.759 e. The molecule has 0 aliphatic heterocycles. The molecule has 0 aromatic rings. The van der Waals surface area contributed by atoms with Crippen molar-refractivity contribution >= 4 is 20.8 Å². The molecule has 0 amide bonds. The zero-order valence-electron chi connectivity index (χ0n) is 4.49. The Morgan fingerprint density at radius 1 is 0.636 bits per heavy atom. The van der Waals surface area contributed by atoms with Gasteiger partial charge in [-0.3, -0.25) is 16.8 Å². The maximum atomic E-state index is 8.52. The molecule has 8 nitrogen and oxygen atoms in total. The minimum atomic E-state index is -5.17. The molecule has 0 bridgehead atoms. The topological polar surface area (TPSA) is 161 Å². The van der Waals surface area contributed by atoms with Gasteiger partial charge in [0.15, 0.2) is 0 Å². The predicted octanol–water partition coefficient (Wildman–Crippen LogP) is -2.68. The van der Waals surface area contributed by atoms with Gasteiger partial charge in [-0.05, 0) is 0 Å². The van der Waals surface area contributed by atoms with Gasteiger partial charge in [0.1, 0.15) is 0 Å². The summed E-state index contributed by atoms with van der Waals surface area (Å²) in [5.41, 5.74) is 0. The van der Waals surface area contributed by atoms with Crippen molar-refractivity contribution in [3.8, 4) is 0 Å². The number of rotatable bonds is 0. The maximum absolute atomic E-state index is 8.52. The molecule has 0 atom stereocenters. The zero-order chi connectivity index (χ0) is 9.00. The third-order valence-electron chi connectivity index (χ3n) is 0. The van der Waals surface area contributed by atoms with Crippen LogP contribution < -0.4 is 0 Å². The van der Waals surface area contributed by atoms with Crippen molar-refractivity contribution in [1.82, 2.24) is 0 Å². The molecule has 0 saturated heterocycles. The van der Waals surface area contributed by atoms with Gasteiger partial charge < -0.3 is 18.2 Å². The van der Waals surface area contributed by atoms with E-state index in [-0.39, 0.29) is 21.1 Å². The first-order chi connectivity index (χ1) is 4.00. The standard InChI is InChI=1S/2H2O4S.W/c2*1-5(2,3)4;/h2*(H2,1,2,3,4);/q;;+4/p-4. The van der Waals surface area contributed by atoms with Gasteiger partial charge in [0.05, 0.1) is 0 Å². The second-order valence-corrected chi connectivity index (χ2v) is 2.45. The molecular weight excluding hydrogens is 376 g/mol. The fourth-order valence-corrected chi connectivity index (χ4v) is 0. The van der Waals surface area contributed by atoms with Crippen molar-refractivity contribution in [2.24, 2.45) is 0 Å². The average molecular weight is 376 g/mol. The van der Waals surface area contributed by atoms with Gasteiger partial charge in [-0.25, -0.2) is 0 Å². The van der Waals surface area contributed by atoms with Crippen molar-refractivity contribution < 1.29 is 56.1 Å². The Kier molecular flexibility index (Phi) is 9.55. The molecule has 0 fully saturated rings. The second kappa shape index (κ2) is 6.00. The molecule has 0 N–H and O–H groups in total. The fourth-order valence-electron chi connectivity index (χ4n) is 0. The summed E-state index contributed by atoms with van der Waals surface area (Å²) in [6.07, 6.45) is 0. The van der Waals surface area contributed by atoms with Crippen molar-refractivity contribution in [2.75, 3.05) is 0 Å². The Balaban J connectivity index is -0.000000107. The summed E-state index contributed by atoms with van der Waals surface area (Å²) in [4.78, 5) is 0. The quantitative estimate of drug-likeness (QED) is 0.327. The van der Waals surface area contributed by atoms with Crippen LogP contribution in [0.25, 0.3) is 0 Å². The Morgan fingerprint density at radius 2 is 0.636 bits per heavy atom. The summed E-state index contributed by atoms with van der Waals surface area (Å²) in [6, 6.07) is 0. The third kappa shape index (κ3) is 4040. The van der Waals surface area contributed by atoms with Crippen LogP contribution in [0.5, 0.6) is 0 Å². The molecule has 0 heterocycles. The first kappa shape index (κ1) is 17.5. The monoisotopic (exact) mass is 376 g/mol. The smallest absolute Gasteiger partial charge is 0.759 e. The molecule has 0 radical (unpaired) electrons. The van der Waals surface area contributed by atoms with E-state index in [4.69, 9.17) is 35.0 Å². The van der Waals surface area contributed by atoms with Gasteiger partial charge in [-0.1, -0.05) is 0 Å². The van der Waals surface area contributed by atoms with Crippen LogP contribution in [0.1, 0.15) is 0 Å². The summed E-state index contributed by atoms with van der Waals surface area (Å²) in [5.74, 6) is 0. The molecule has 0 rings (SSSR count). The Morgan fingerprint density at radius 3 is 0.636 bits per heavy atom. The summed E-state index contributed by atoms with van der Waals surface area (Å²) in [6.45, 7) is 0. The van der Waals surface area contributed by atoms with E-state index >= 15 is 0 Å². The van der Waals surface area contributed by atoms with Crippen molar-refractivity contribution in [3.63, 3.8) is 0 Å². The van der Waals surface area contributed by atoms with Gasteiger partial charge in [-0.15, -0.1) is 0 Å². The van der Waals surface area contributed by atoms with E-state index in [0.29, 0.717) is 0 Å². The first-order valence-electron chi connectivity index (χ1n) is 1.33. The van der Waals surface area contributed by atoms with Gasteiger partial charge in [0.2, 0.25) is 0 Å². The minimum absolute atomic E-state index is 0. The molecule has 0 spiro atoms. The van der Waals surface area contributed by atoms with Crippen LogP contribution in [0.15, 0.2) is 0 Å². The predicted molar refractivity (Wildman–Crippen MR) is 20.9 cm³/mol. The maximum Gasteiger partial charge on any atom is 4.00 e. The van der Waals surface area contributed by atoms with E-state index in [9.17, 15) is 0 Å². The third-order valence-corrected chi connectivity index (χ3v) is 0. The van der Waals surface area contributed by atoms with Crippen LogP contribution in [-0.4, -0.2) is 35.0 Å². The Bertz CT molecular complexity index is 208. The summed E-state index contributed by atoms with van der Waals surface area (Å²) in [5, 5.41) is 0. The van der Waals surface area contributed by atoms with E-state index in [1.54, 1.807) is 0 Å². The van der Waals surface area contributed by atoms with Crippen LogP contribution in [0.4, 0.5) is 0 Å². The molecule has 0 aliphatic carbocycles. The van der Waals surface area contributed by atoms with Crippen LogP contribution in [0.2, 0.25) is 0 Å². The van der Waals surface area contributed by atoms with Crippen LogP contribution >= 0.6 is 0 Å². The molecule has 0 aromatic heterocycles. The van der Waals surface area contributed by atoms with E-state index in [1.807, 2.05) is 0 Å². The summed E-state index contributed by atoms with van der Waals surface area (Å²) >= 11 is 0. The van der Waals surface area contributed by atoms with E-state index in [1.165, 1.54) is 0 Å². The summed E-state index contributed by atoms with van der Waals surface area (Å²) < 4.78 is 68.2. The average Bonchev–Trinajstić information content (AvgIpc) is 1.12.